The van der Waals surface area contributed by atoms with Crippen molar-refractivity contribution in [3.63, 3.8) is 0 Å². The number of esters is 1. The van der Waals surface area contributed by atoms with Crippen LogP contribution in [0.15, 0.2) is 98.8 Å². The van der Waals surface area contributed by atoms with E-state index in [1.807, 2.05) is 30.3 Å². The molecular formula is C27H15BrCl2N2O3. The van der Waals surface area contributed by atoms with Crippen LogP contribution in [0.25, 0.3) is 22.6 Å². The van der Waals surface area contributed by atoms with Crippen LogP contribution in [0.2, 0.25) is 10.0 Å². The molecule has 5 rings (SSSR count). The standard InChI is InChI=1S/C27H15BrCl2N2O3/c28-18-5-3-17(4-6-18)27(33)34-21-9-1-16(2-10-21)15-31-20-8-12-25-24(14-20)32-26(35-25)22-11-7-19(29)13-23(22)30/h1-15H. The molecule has 0 amide bonds. The molecule has 0 aliphatic rings. The Hall–Kier alpha value is -3.45. The monoisotopic (exact) mass is 564 g/mol. The molecule has 4 aromatic carbocycles. The van der Waals surface area contributed by atoms with Crippen molar-refractivity contribution < 1.29 is 13.9 Å². The molecular weight excluding hydrogens is 551 g/mol. The van der Waals surface area contributed by atoms with Crippen LogP contribution in [0.3, 0.4) is 0 Å². The summed E-state index contributed by atoms with van der Waals surface area (Å²) in [6.45, 7) is 0. The van der Waals surface area contributed by atoms with Gasteiger partial charge in [-0.1, -0.05) is 39.1 Å². The van der Waals surface area contributed by atoms with Gasteiger partial charge in [-0.05, 0) is 90.5 Å². The molecule has 0 atom stereocenters. The van der Waals surface area contributed by atoms with Gasteiger partial charge in [0.15, 0.2) is 5.58 Å². The number of nitrogens with zero attached hydrogens (tertiary/aromatic N) is 2. The number of carbonyl (C=O) groups excluding carboxylic acids is 1. The first-order valence-corrected chi connectivity index (χ1v) is 12.0. The van der Waals surface area contributed by atoms with Gasteiger partial charge in [-0.2, -0.15) is 0 Å². The van der Waals surface area contributed by atoms with E-state index in [1.165, 1.54) is 0 Å². The maximum atomic E-state index is 12.3. The molecule has 0 radical (unpaired) electrons. The number of carbonyl (C=O) groups is 1. The van der Waals surface area contributed by atoms with Crippen molar-refractivity contribution in [2.75, 3.05) is 0 Å². The number of halogens is 3. The lowest BCUT2D eigenvalue weighted by atomic mass is 10.2. The Labute approximate surface area is 219 Å². The zero-order chi connectivity index (χ0) is 24.4. The zero-order valence-electron chi connectivity index (χ0n) is 17.9. The number of hydrogen-bond acceptors (Lipinski definition) is 5. The molecule has 35 heavy (non-hydrogen) atoms. The van der Waals surface area contributed by atoms with E-state index in [0.717, 1.165) is 10.0 Å². The van der Waals surface area contributed by atoms with E-state index in [0.29, 0.717) is 49.6 Å². The van der Waals surface area contributed by atoms with Crippen LogP contribution in [0.5, 0.6) is 5.75 Å². The Bertz CT molecular complexity index is 1560. The van der Waals surface area contributed by atoms with Crippen molar-refractivity contribution in [2.24, 2.45) is 4.99 Å². The van der Waals surface area contributed by atoms with Crippen LogP contribution in [0.1, 0.15) is 15.9 Å². The third-order valence-corrected chi connectivity index (χ3v) is 6.14. The Morgan fingerprint density at radius 2 is 1.71 bits per heavy atom. The molecule has 0 aliphatic carbocycles. The summed E-state index contributed by atoms with van der Waals surface area (Å²) in [5.41, 5.74) is 3.99. The average molecular weight is 566 g/mol. The van der Waals surface area contributed by atoms with Gasteiger partial charge in [0.2, 0.25) is 5.89 Å². The maximum absolute atomic E-state index is 12.3. The van der Waals surface area contributed by atoms with Gasteiger partial charge in [-0.25, -0.2) is 9.78 Å². The number of aromatic nitrogens is 1. The van der Waals surface area contributed by atoms with Crippen molar-refractivity contribution in [2.45, 2.75) is 0 Å². The third-order valence-electron chi connectivity index (χ3n) is 5.07. The SMILES string of the molecule is O=C(Oc1ccc(C=Nc2ccc3oc(-c4ccc(Cl)cc4Cl)nc3c2)cc1)c1ccc(Br)cc1. The van der Waals surface area contributed by atoms with E-state index in [2.05, 4.69) is 25.9 Å². The smallest absolute Gasteiger partial charge is 0.343 e. The molecule has 0 aliphatic heterocycles. The Morgan fingerprint density at radius 1 is 0.943 bits per heavy atom. The highest BCUT2D eigenvalue weighted by Crippen LogP contribution is 2.33. The molecule has 1 aromatic heterocycles. The van der Waals surface area contributed by atoms with E-state index in [4.69, 9.17) is 32.4 Å². The van der Waals surface area contributed by atoms with Crippen molar-refractivity contribution in [1.29, 1.82) is 0 Å². The van der Waals surface area contributed by atoms with Gasteiger partial charge in [-0.3, -0.25) is 4.99 Å². The van der Waals surface area contributed by atoms with E-state index >= 15 is 0 Å². The van der Waals surface area contributed by atoms with Gasteiger partial charge in [0.25, 0.3) is 0 Å². The first-order valence-electron chi connectivity index (χ1n) is 10.4. The number of aliphatic imine (C=N–C) groups is 1. The fraction of sp³-hybridized carbons (Fsp3) is 0. The highest BCUT2D eigenvalue weighted by Gasteiger charge is 2.12. The first-order chi connectivity index (χ1) is 16.9. The molecule has 8 heteroatoms. The molecule has 0 bridgehead atoms. The van der Waals surface area contributed by atoms with Crippen LogP contribution in [0, 0.1) is 0 Å². The summed E-state index contributed by atoms with van der Waals surface area (Å²) >= 11 is 15.6. The van der Waals surface area contributed by atoms with Crippen LogP contribution < -0.4 is 4.74 Å². The summed E-state index contributed by atoms with van der Waals surface area (Å²) in [5, 5.41) is 1.01. The van der Waals surface area contributed by atoms with Gasteiger partial charge in [0.1, 0.15) is 11.3 Å². The molecule has 172 valence electrons. The van der Waals surface area contributed by atoms with Gasteiger partial charge in [0.05, 0.1) is 21.8 Å². The number of ether oxygens (including phenoxy) is 1. The second kappa shape index (κ2) is 10.0. The topological polar surface area (TPSA) is 64.7 Å². The van der Waals surface area contributed by atoms with Gasteiger partial charge >= 0.3 is 5.97 Å². The average Bonchev–Trinajstić information content (AvgIpc) is 3.27. The quantitative estimate of drug-likeness (QED) is 0.122. The second-order valence-electron chi connectivity index (χ2n) is 7.52. The van der Waals surface area contributed by atoms with Crippen molar-refractivity contribution in [1.82, 2.24) is 4.98 Å². The maximum Gasteiger partial charge on any atom is 0.343 e. The molecule has 1 heterocycles. The Balaban J connectivity index is 1.29. The Kier molecular flexibility index (Phi) is 6.68. The molecule has 0 saturated carbocycles. The number of fused-ring (bicyclic) bond motifs is 1. The highest BCUT2D eigenvalue weighted by molar-refractivity contribution is 9.10. The van der Waals surface area contributed by atoms with Crippen LogP contribution in [0.4, 0.5) is 5.69 Å². The summed E-state index contributed by atoms with van der Waals surface area (Å²) in [6, 6.07) is 24.7. The molecule has 5 aromatic rings. The van der Waals surface area contributed by atoms with Gasteiger partial charge in [0, 0.05) is 15.7 Å². The van der Waals surface area contributed by atoms with Crippen LogP contribution in [-0.4, -0.2) is 17.2 Å². The van der Waals surface area contributed by atoms with Crippen LogP contribution >= 0.6 is 39.1 Å². The lowest BCUT2D eigenvalue weighted by molar-refractivity contribution is 0.0734. The van der Waals surface area contributed by atoms with Crippen molar-refractivity contribution in [3.8, 4) is 17.2 Å². The number of oxazole rings is 1. The molecule has 0 fully saturated rings. The predicted octanol–water partition coefficient (Wildman–Crippen LogP) is 8.53. The second-order valence-corrected chi connectivity index (χ2v) is 9.28. The Morgan fingerprint density at radius 3 is 2.46 bits per heavy atom. The fourth-order valence-corrected chi connectivity index (χ4v) is 4.05. The van der Waals surface area contributed by atoms with E-state index in [-0.39, 0.29) is 0 Å². The molecule has 0 unspecified atom stereocenters. The van der Waals surface area contributed by atoms with Crippen molar-refractivity contribution in [3.05, 3.63) is 111 Å². The van der Waals surface area contributed by atoms with Gasteiger partial charge < -0.3 is 9.15 Å². The minimum Gasteiger partial charge on any atom is -0.436 e. The van der Waals surface area contributed by atoms with Crippen molar-refractivity contribution >= 4 is 68.1 Å². The molecule has 5 nitrogen and oxygen atoms in total. The summed E-state index contributed by atoms with van der Waals surface area (Å²) in [4.78, 5) is 21.3. The number of hydrogen-bond donors (Lipinski definition) is 0. The van der Waals surface area contributed by atoms with Crippen LogP contribution in [-0.2, 0) is 0 Å². The zero-order valence-corrected chi connectivity index (χ0v) is 21.0. The number of rotatable bonds is 5. The fourth-order valence-electron chi connectivity index (χ4n) is 3.30. The minimum atomic E-state index is -0.418. The highest BCUT2D eigenvalue weighted by atomic mass is 79.9. The van der Waals surface area contributed by atoms with E-state index in [9.17, 15) is 4.79 Å². The molecule has 0 spiro atoms. The van der Waals surface area contributed by atoms with E-state index in [1.54, 1.807) is 60.8 Å². The normalized spacial score (nSPS) is 11.3. The lowest BCUT2D eigenvalue weighted by Gasteiger charge is -2.04. The molecule has 0 saturated heterocycles. The van der Waals surface area contributed by atoms with E-state index < -0.39 is 5.97 Å². The first kappa shape index (κ1) is 23.3. The summed E-state index contributed by atoms with van der Waals surface area (Å²) in [7, 11) is 0. The largest absolute Gasteiger partial charge is 0.436 e. The minimum absolute atomic E-state index is 0.413. The summed E-state index contributed by atoms with van der Waals surface area (Å²) < 4.78 is 12.2. The number of benzene rings is 4. The lowest BCUT2D eigenvalue weighted by Crippen LogP contribution is -2.08. The predicted molar refractivity (Wildman–Crippen MR) is 142 cm³/mol. The summed E-state index contributed by atoms with van der Waals surface area (Å²) in [6.07, 6.45) is 1.72. The molecule has 0 N–H and O–H groups in total. The summed E-state index contributed by atoms with van der Waals surface area (Å²) in [5.74, 6) is 0.447. The third kappa shape index (κ3) is 5.46. The van der Waals surface area contributed by atoms with Gasteiger partial charge in [-0.15, -0.1) is 0 Å².